The topological polar surface area (TPSA) is 86.9 Å². The summed E-state index contributed by atoms with van der Waals surface area (Å²) in [6.07, 6.45) is 0.785. The van der Waals surface area contributed by atoms with E-state index in [1.54, 1.807) is 19.1 Å². The summed E-state index contributed by atoms with van der Waals surface area (Å²) in [5.41, 5.74) is 2.33. The van der Waals surface area contributed by atoms with E-state index in [1.807, 2.05) is 35.8 Å². The van der Waals surface area contributed by atoms with Crippen LogP contribution in [0.2, 0.25) is 0 Å². The Labute approximate surface area is 178 Å². The van der Waals surface area contributed by atoms with Crippen LogP contribution in [0.25, 0.3) is 16.7 Å². The zero-order valence-electron chi connectivity index (χ0n) is 17.4. The van der Waals surface area contributed by atoms with Gasteiger partial charge < -0.3 is 9.30 Å². The number of ether oxygens (including phenoxy) is 1. The Balaban J connectivity index is 1.58. The number of nitrogens with one attached hydrogen (secondary N) is 1. The molecule has 0 spiro atoms. The molecule has 0 aliphatic heterocycles. The average molecular weight is 422 g/mol. The monoisotopic (exact) mass is 422 g/mol. The molecule has 160 valence electrons. The Kier molecular flexibility index (Phi) is 6.03. The smallest absolute Gasteiger partial charge is 0.297 e. The first-order chi connectivity index (χ1) is 15.1. The van der Waals surface area contributed by atoms with Crippen molar-refractivity contribution in [2.24, 2.45) is 0 Å². The van der Waals surface area contributed by atoms with Crippen LogP contribution >= 0.6 is 0 Å². The van der Waals surface area contributed by atoms with Gasteiger partial charge in [-0.15, -0.1) is 5.10 Å². The Hall–Kier alpha value is -3.59. The fraction of sp³-hybridized carbons (Fsp3) is 0.273. The van der Waals surface area contributed by atoms with Crippen molar-refractivity contribution in [2.75, 3.05) is 18.5 Å². The number of para-hydroxylation sites is 2. The number of amides is 1. The number of hydrogen-bond donors (Lipinski definition) is 1. The van der Waals surface area contributed by atoms with Gasteiger partial charge in [0, 0.05) is 19.8 Å². The van der Waals surface area contributed by atoms with Gasteiger partial charge in [0.05, 0.1) is 16.7 Å². The van der Waals surface area contributed by atoms with Crippen molar-refractivity contribution in [3.8, 4) is 5.69 Å². The number of hydrogen-bond acceptors (Lipinski definition) is 5. The standard InChI is InChI=1S/C22H23FN6O2/c1-3-31-14-6-13-28-19-8-5-4-7-18(19)25-22(28)26-21(30)20-24-15(2)29(27-20)17-11-9-16(23)10-12-17/h4-5,7-12H,3,6,13-14H2,1-2H3,(H,25,26,30). The van der Waals surface area contributed by atoms with Crippen LogP contribution in [-0.4, -0.2) is 43.4 Å². The van der Waals surface area contributed by atoms with E-state index in [-0.39, 0.29) is 11.6 Å². The van der Waals surface area contributed by atoms with Gasteiger partial charge in [-0.1, -0.05) is 12.1 Å². The third-order valence-electron chi connectivity index (χ3n) is 4.80. The van der Waals surface area contributed by atoms with Crippen molar-refractivity contribution < 1.29 is 13.9 Å². The fourth-order valence-electron chi connectivity index (χ4n) is 3.34. The number of fused-ring (bicyclic) bond motifs is 1. The molecule has 2 aromatic heterocycles. The lowest BCUT2D eigenvalue weighted by Gasteiger charge is -2.09. The van der Waals surface area contributed by atoms with Gasteiger partial charge in [-0.2, -0.15) is 0 Å². The highest BCUT2D eigenvalue weighted by Crippen LogP contribution is 2.21. The van der Waals surface area contributed by atoms with Gasteiger partial charge in [0.15, 0.2) is 0 Å². The summed E-state index contributed by atoms with van der Waals surface area (Å²) in [4.78, 5) is 21.7. The van der Waals surface area contributed by atoms with E-state index in [2.05, 4.69) is 20.4 Å². The van der Waals surface area contributed by atoms with E-state index in [4.69, 9.17) is 4.74 Å². The normalized spacial score (nSPS) is 11.2. The highest BCUT2D eigenvalue weighted by Gasteiger charge is 2.19. The zero-order chi connectivity index (χ0) is 21.8. The van der Waals surface area contributed by atoms with E-state index in [0.29, 0.717) is 37.2 Å². The number of carbonyl (C=O) groups excluding carboxylic acids is 1. The molecule has 4 rings (SSSR count). The van der Waals surface area contributed by atoms with Gasteiger partial charge in [0.1, 0.15) is 11.6 Å². The van der Waals surface area contributed by atoms with Gasteiger partial charge in [-0.3, -0.25) is 10.1 Å². The number of imidazole rings is 1. The van der Waals surface area contributed by atoms with Gasteiger partial charge in [0.2, 0.25) is 11.8 Å². The molecule has 0 bridgehead atoms. The summed E-state index contributed by atoms with van der Waals surface area (Å²) in [5.74, 6) is 0.142. The van der Waals surface area contributed by atoms with Crippen molar-refractivity contribution in [1.82, 2.24) is 24.3 Å². The molecular weight excluding hydrogens is 399 g/mol. The van der Waals surface area contributed by atoms with Crippen LogP contribution in [0.1, 0.15) is 29.8 Å². The molecular formula is C22H23FN6O2. The maximum absolute atomic E-state index is 13.2. The molecule has 4 aromatic rings. The zero-order valence-corrected chi connectivity index (χ0v) is 17.4. The van der Waals surface area contributed by atoms with E-state index < -0.39 is 5.91 Å². The van der Waals surface area contributed by atoms with Crippen LogP contribution in [-0.2, 0) is 11.3 Å². The molecule has 2 aromatic carbocycles. The number of halogens is 1. The minimum atomic E-state index is -0.467. The summed E-state index contributed by atoms with van der Waals surface area (Å²) < 4.78 is 22.1. The Morgan fingerprint density at radius 2 is 1.90 bits per heavy atom. The summed E-state index contributed by atoms with van der Waals surface area (Å²) in [7, 11) is 0. The van der Waals surface area contributed by atoms with Crippen LogP contribution in [0.4, 0.5) is 10.3 Å². The molecule has 2 heterocycles. The van der Waals surface area contributed by atoms with E-state index >= 15 is 0 Å². The van der Waals surface area contributed by atoms with Gasteiger partial charge >= 0.3 is 0 Å². The molecule has 0 aliphatic rings. The quantitative estimate of drug-likeness (QED) is 0.437. The van der Waals surface area contributed by atoms with Crippen LogP contribution in [0.15, 0.2) is 48.5 Å². The van der Waals surface area contributed by atoms with Crippen molar-refractivity contribution >= 4 is 22.9 Å². The number of nitrogens with zero attached hydrogens (tertiary/aromatic N) is 5. The molecule has 0 aliphatic carbocycles. The highest BCUT2D eigenvalue weighted by atomic mass is 19.1. The van der Waals surface area contributed by atoms with E-state index in [1.165, 1.54) is 16.8 Å². The second kappa shape index (κ2) is 9.05. The maximum atomic E-state index is 13.2. The summed E-state index contributed by atoms with van der Waals surface area (Å²) in [6.45, 7) is 5.62. The predicted molar refractivity (Wildman–Crippen MR) is 115 cm³/mol. The van der Waals surface area contributed by atoms with Crippen molar-refractivity contribution in [3.05, 3.63) is 66.0 Å². The van der Waals surface area contributed by atoms with Gasteiger partial charge in [-0.25, -0.2) is 19.0 Å². The van der Waals surface area contributed by atoms with E-state index in [0.717, 1.165) is 17.5 Å². The molecule has 1 N–H and O–H groups in total. The number of aromatic nitrogens is 5. The third kappa shape index (κ3) is 4.46. The third-order valence-corrected chi connectivity index (χ3v) is 4.80. The second-order valence-electron chi connectivity index (χ2n) is 6.95. The fourth-order valence-corrected chi connectivity index (χ4v) is 3.34. The highest BCUT2D eigenvalue weighted by molar-refractivity contribution is 6.01. The molecule has 8 nitrogen and oxygen atoms in total. The molecule has 0 unspecified atom stereocenters. The van der Waals surface area contributed by atoms with Crippen molar-refractivity contribution in [1.29, 1.82) is 0 Å². The first-order valence-electron chi connectivity index (χ1n) is 10.1. The SMILES string of the molecule is CCOCCCn1c(NC(=O)c2nc(C)n(-c3ccc(F)cc3)n2)nc2ccccc21. The number of carbonyl (C=O) groups is 1. The van der Waals surface area contributed by atoms with Crippen molar-refractivity contribution in [3.63, 3.8) is 0 Å². The Morgan fingerprint density at radius 1 is 1.13 bits per heavy atom. The number of benzene rings is 2. The number of anilines is 1. The molecule has 0 saturated carbocycles. The average Bonchev–Trinajstić information content (AvgIpc) is 3.32. The first kappa shape index (κ1) is 20.7. The molecule has 0 saturated heterocycles. The van der Waals surface area contributed by atoms with Crippen LogP contribution in [0.5, 0.6) is 0 Å². The van der Waals surface area contributed by atoms with E-state index in [9.17, 15) is 9.18 Å². The lowest BCUT2D eigenvalue weighted by Crippen LogP contribution is -2.18. The molecule has 0 radical (unpaired) electrons. The minimum absolute atomic E-state index is 0.00903. The summed E-state index contributed by atoms with van der Waals surface area (Å²) >= 11 is 0. The minimum Gasteiger partial charge on any atom is -0.382 e. The lowest BCUT2D eigenvalue weighted by molar-refractivity contribution is 0.101. The second-order valence-corrected chi connectivity index (χ2v) is 6.95. The van der Waals surface area contributed by atoms with Crippen molar-refractivity contribution in [2.45, 2.75) is 26.8 Å². The maximum Gasteiger partial charge on any atom is 0.297 e. The summed E-state index contributed by atoms with van der Waals surface area (Å²) in [5, 5.41) is 7.12. The Bertz CT molecular complexity index is 1200. The molecule has 9 heteroatoms. The van der Waals surface area contributed by atoms with Gasteiger partial charge in [0.25, 0.3) is 5.91 Å². The van der Waals surface area contributed by atoms with Crippen LogP contribution in [0.3, 0.4) is 0 Å². The first-order valence-corrected chi connectivity index (χ1v) is 10.1. The molecule has 1 amide bonds. The molecule has 31 heavy (non-hydrogen) atoms. The number of aryl methyl sites for hydroxylation is 2. The van der Waals surface area contributed by atoms with Crippen LogP contribution < -0.4 is 5.32 Å². The lowest BCUT2D eigenvalue weighted by atomic mass is 10.3. The van der Waals surface area contributed by atoms with Crippen LogP contribution in [0, 0.1) is 12.7 Å². The molecule has 0 atom stereocenters. The largest absolute Gasteiger partial charge is 0.382 e. The molecule has 0 fully saturated rings. The number of rotatable bonds is 8. The predicted octanol–water partition coefficient (Wildman–Crippen LogP) is 3.74. The van der Waals surface area contributed by atoms with Gasteiger partial charge in [-0.05, 0) is 56.7 Å². The Morgan fingerprint density at radius 3 is 2.68 bits per heavy atom. The summed E-state index contributed by atoms with van der Waals surface area (Å²) in [6, 6.07) is 13.5.